The van der Waals surface area contributed by atoms with E-state index in [1.165, 1.54) is 6.26 Å². The van der Waals surface area contributed by atoms with E-state index in [1.807, 2.05) is 25.1 Å². The van der Waals surface area contributed by atoms with Crippen molar-refractivity contribution in [3.05, 3.63) is 52.9 Å². The first-order valence-corrected chi connectivity index (χ1v) is 6.84. The Balaban J connectivity index is 2.29. The van der Waals surface area contributed by atoms with Gasteiger partial charge in [-0.25, -0.2) is 0 Å². The van der Waals surface area contributed by atoms with Gasteiger partial charge in [-0.1, -0.05) is 23.7 Å². The second kappa shape index (κ2) is 6.91. The van der Waals surface area contributed by atoms with Crippen molar-refractivity contribution < 1.29 is 9.21 Å². The van der Waals surface area contributed by atoms with Crippen LogP contribution < -0.4 is 11.1 Å². The SMILES string of the molecule is C/C=C\C(=N/C)c1ccc(Cl)c(NC(=O)c2coc(N)n2)c1. The fourth-order valence-electron chi connectivity index (χ4n) is 1.82. The third kappa shape index (κ3) is 3.53. The number of nitrogen functional groups attached to an aromatic ring is 1. The molecule has 0 radical (unpaired) electrons. The molecule has 7 heteroatoms. The summed E-state index contributed by atoms with van der Waals surface area (Å²) in [6, 6.07) is 5.19. The molecule has 0 bridgehead atoms. The number of oxazole rings is 1. The number of amides is 1. The highest BCUT2D eigenvalue weighted by Gasteiger charge is 2.13. The van der Waals surface area contributed by atoms with Gasteiger partial charge >= 0.3 is 0 Å². The van der Waals surface area contributed by atoms with Crippen LogP contribution in [0.15, 0.2) is 46.0 Å². The van der Waals surface area contributed by atoms with Crippen molar-refractivity contribution in [3.8, 4) is 0 Å². The molecular formula is C15H15ClN4O2. The molecule has 0 aliphatic heterocycles. The van der Waals surface area contributed by atoms with E-state index in [0.717, 1.165) is 11.3 Å². The monoisotopic (exact) mass is 318 g/mol. The summed E-state index contributed by atoms with van der Waals surface area (Å²) in [7, 11) is 1.69. The predicted molar refractivity (Wildman–Crippen MR) is 87.6 cm³/mol. The maximum absolute atomic E-state index is 12.1. The van der Waals surface area contributed by atoms with Crippen molar-refractivity contribution in [1.82, 2.24) is 4.98 Å². The Morgan fingerprint density at radius 3 is 2.86 bits per heavy atom. The molecule has 0 aliphatic carbocycles. The molecule has 0 fully saturated rings. The van der Waals surface area contributed by atoms with Crippen molar-refractivity contribution in [2.45, 2.75) is 6.92 Å². The van der Waals surface area contributed by atoms with Gasteiger partial charge in [-0.3, -0.25) is 9.79 Å². The molecule has 2 aromatic rings. The summed E-state index contributed by atoms with van der Waals surface area (Å²) in [5.41, 5.74) is 7.49. The topological polar surface area (TPSA) is 93.5 Å². The number of allylic oxidation sites excluding steroid dienone is 2. The molecule has 6 nitrogen and oxygen atoms in total. The van der Waals surface area contributed by atoms with Crippen LogP contribution in [0, 0.1) is 0 Å². The molecule has 2 rings (SSSR count). The summed E-state index contributed by atoms with van der Waals surface area (Å²) in [5, 5.41) is 3.08. The van der Waals surface area contributed by atoms with E-state index < -0.39 is 5.91 Å². The summed E-state index contributed by atoms with van der Waals surface area (Å²) in [6.07, 6.45) is 4.93. The molecule has 1 aromatic carbocycles. The number of nitrogens with zero attached hydrogens (tertiary/aromatic N) is 2. The maximum Gasteiger partial charge on any atom is 0.292 e. The van der Waals surface area contributed by atoms with Crippen LogP contribution in [0.5, 0.6) is 0 Å². The highest BCUT2D eigenvalue weighted by Crippen LogP contribution is 2.24. The molecule has 0 unspecified atom stereocenters. The van der Waals surface area contributed by atoms with Crippen molar-refractivity contribution in [1.29, 1.82) is 0 Å². The van der Waals surface area contributed by atoms with Crippen LogP contribution in [0.3, 0.4) is 0 Å². The lowest BCUT2D eigenvalue weighted by molar-refractivity contribution is 0.102. The van der Waals surface area contributed by atoms with Gasteiger partial charge in [0.25, 0.3) is 11.9 Å². The summed E-state index contributed by atoms with van der Waals surface area (Å²) in [6.45, 7) is 1.90. The predicted octanol–water partition coefficient (Wildman–Crippen LogP) is 3.16. The van der Waals surface area contributed by atoms with Crippen LogP contribution in [0.2, 0.25) is 5.02 Å². The fourth-order valence-corrected chi connectivity index (χ4v) is 1.98. The normalized spacial score (nSPS) is 11.9. The molecule has 0 spiro atoms. The van der Waals surface area contributed by atoms with Gasteiger partial charge in [0.2, 0.25) is 0 Å². The number of hydrogen-bond acceptors (Lipinski definition) is 5. The highest BCUT2D eigenvalue weighted by molar-refractivity contribution is 6.34. The number of carbonyl (C=O) groups excluding carboxylic acids is 1. The number of aromatic nitrogens is 1. The zero-order valence-electron chi connectivity index (χ0n) is 12.1. The van der Waals surface area contributed by atoms with Crippen LogP contribution in [-0.4, -0.2) is 23.7 Å². The molecule has 3 N–H and O–H groups in total. The summed E-state index contributed by atoms with van der Waals surface area (Å²) in [4.78, 5) is 20.0. The Bertz CT molecular complexity index is 750. The van der Waals surface area contributed by atoms with Crippen LogP contribution >= 0.6 is 11.6 Å². The highest BCUT2D eigenvalue weighted by atomic mass is 35.5. The number of anilines is 2. The number of hydrogen-bond donors (Lipinski definition) is 2. The second-order valence-corrected chi connectivity index (χ2v) is 4.74. The van der Waals surface area contributed by atoms with Gasteiger partial charge in [0, 0.05) is 12.6 Å². The first-order valence-electron chi connectivity index (χ1n) is 6.47. The molecule has 0 aliphatic rings. The van der Waals surface area contributed by atoms with Gasteiger partial charge in [-0.05, 0) is 25.1 Å². The van der Waals surface area contributed by atoms with Gasteiger partial charge in [-0.2, -0.15) is 4.98 Å². The van der Waals surface area contributed by atoms with Crippen LogP contribution in [0.4, 0.5) is 11.7 Å². The summed E-state index contributed by atoms with van der Waals surface area (Å²) in [5.74, 6) is -0.458. The van der Waals surface area contributed by atoms with Gasteiger partial charge in [0.05, 0.1) is 16.4 Å². The van der Waals surface area contributed by atoms with Crippen LogP contribution in [0.25, 0.3) is 0 Å². The van der Waals surface area contributed by atoms with Crippen molar-refractivity contribution >= 4 is 34.9 Å². The molecule has 1 heterocycles. The lowest BCUT2D eigenvalue weighted by Gasteiger charge is -2.08. The molecule has 1 amide bonds. The first-order chi connectivity index (χ1) is 10.5. The smallest absolute Gasteiger partial charge is 0.292 e. The minimum atomic E-state index is -0.458. The van der Waals surface area contributed by atoms with Crippen molar-refractivity contribution in [3.63, 3.8) is 0 Å². The molecule has 0 saturated carbocycles. The van der Waals surface area contributed by atoms with Crippen molar-refractivity contribution in [2.75, 3.05) is 18.1 Å². The lowest BCUT2D eigenvalue weighted by atomic mass is 10.1. The largest absolute Gasteiger partial charge is 0.431 e. The fraction of sp³-hybridized carbons (Fsp3) is 0.133. The van der Waals surface area contributed by atoms with Crippen LogP contribution in [-0.2, 0) is 0 Å². The third-order valence-electron chi connectivity index (χ3n) is 2.83. The Labute approximate surface area is 132 Å². The summed E-state index contributed by atoms with van der Waals surface area (Å²) >= 11 is 6.12. The number of carbonyl (C=O) groups is 1. The minimum absolute atomic E-state index is 0.0708. The van der Waals surface area contributed by atoms with E-state index >= 15 is 0 Å². The van der Waals surface area contributed by atoms with E-state index in [4.69, 9.17) is 21.8 Å². The lowest BCUT2D eigenvalue weighted by Crippen LogP contribution is -2.13. The number of nitrogens with two attached hydrogens (primary N) is 1. The van der Waals surface area contributed by atoms with Gasteiger partial charge in [0.15, 0.2) is 5.69 Å². The first kappa shape index (κ1) is 15.8. The minimum Gasteiger partial charge on any atom is -0.431 e. The molecule has 22 heavy (non-hydrogen) atoms. The number of benzene rings is 1. The van der Waals surface area contributed by atoms with E-state index in [1.54, 1.807) is 19.2 Å². The zero-order valence-corrected chi connectivity index (χ0v) is 12.9. The Kier molecular flexibility index (Phi) is 4.95. The molecule has 0 saturated heterocycles. The van der Waals surface area contributed by atoms with Gasteiger partial charge in [0.1, 0.15) is 6.26 Å². The summed E-state index contributed by atoms with van der Waals surface area (Å²) < 4.78 is 4.81. The average Bonchev–Trinajstić information content (AvgIpc) is 2.94. The van der Waals surface area contributed by atoms with Gasteiger partial charge < -0.3 is 15.5 Å². The van der Waals surface area contributed by atoms with Gasteiger partial charge in [-0.15, -0.1) is 0 Å². The van der Waals surface area contributed by atoms with E-state index in [-0.39, 0.29) is 11.7 Å². The molecule has 114 valence electrons. The number of rotatable bonds is 4. The van der Waals surface area contributed by atoms with E-state index in [0.29, 0.717) is 10.7 Å². The third-order valence-corrected chi connectivity index (χ3v) is 3.16. The number of nitrogens with one attached hydrogen (secondary N) is 1. The van der Waals surface area contributed by atoms with Crippen molar-refractivity contribution in [2.24, 2.45) is 4.99 Å². The zero-order chi connectivity index (χ0) is 16.1. The van der Waals surface area contributed by atoms with E-state index in [9.17, 15) is 4.79 Å². The quantitative estimate of drug-likeness (QED) is 0.847. The average molecular weight is 319 g/mol. The molecular weight excluding hydrogens is 304 g/mol. The van der Waals surface area contributed by atoms with E-state index in [2.05, 4.69) is 15.3 Å². The van der Waals surface area contributed by atoms with Crippen LogP contribution in [0.1, 0.15) is 23.0 Å². The Morgan fingerprint density at radius 2 is 2.27 bits per heavy atom. The maximum atomic E-state index is 12.1. The molecule has 0 atom stereocenters. The Morgan fingerprint density at radius 1 is 1.50 bits per heavy atom. The Hall–Kier alpha value is -2.60. The molecule has 1 aromatic heterocycles. The number of halogens is 1. The number of aliphatic imine (C=N–C) groups is 1. The standard InChI is InChI=1S/C15H15ClN4O2/c1-3-4-11(18-2)9-5-6-10(16)12(7-9)19-14(21)13-8-22-15(17)20-13/h3-8H,1-2H3,(H2,17,20)(H,19,21)/b4-3-,18-11+. The second-order valence-electron chi connectivity index (χ2n) is 4.33.